The molecular weight excluding hydrogens is 284 g/mol. The third-order valence-electron chi connectivity index (χ3n) is 3.92. The third-order valence-corrected chi connectivity index (χ3v) is 3.92. The molecule has 2 aliphatic rings. The minimum absolute atomic E-state index is 0.187. The van der Waals surface area contributed by atoms with E-state index in [1.165, 1.54) is 0 Å². The molecule has 2 saturated heterocycles. The molecule has 0 aromatic heterocycles. The molecule has 0 atom stereocenters. The van der Waals surface area contributed by atoms with Crippen molar-refractivity contribution in [3.63, 3.8) is 0 Å². The van der Waals surface area contributed by atoms with Crippen LogP contribution in [-0.4, -0.2) is 43.2 Å². The number of benzene rings is 1. The molecule has 7 heteroatoms. The van der Waals surface area contributed by atoms with E-state index < -0.39 is 29.0 Å². The average Bonchev–Trinajstić information content (AvgIpc) is 2.88. The second-order valence-electron chi connectivity index (χ2n) is 5.19. The molecule has 0 aliphatic carbocycles. The van der Waals surface area contributed by atoms with Gasteiger partial charge in [-0.05, 0) is 12.1 Å². The van der Waals surface area contributed by atoms with Gasteiger partial charge in [0, 0.05) is 25.9 Å². The van der Waals surface area contributed by atoms with E-state index in [2.05, 4.69) is 0 Å². The Morgan fingerprint density at radius 2 is 1.67 bits per heavy atom. The van der Waals surface area contributed by atoms with Gasteiger partial charge in [-0.1, -0.05) is 0 Å². The van der Waals surface area contributed by atoms with Crippen molar-refractivity contribution >= 4 is 11.7 Å². The number of hydrogen-bond donors (Lipinski definition) is 1. The van der Waals surface area contributed by atoms with Crippen molar-refractivity contribution in [2.45, 2.75) is 18.6 Å². The molecule has 114 valence electrons. The highest BCUT2D eigenvalue weighted by Gasteiger charge is 2.40. The van der Waals surface area contributed by atoms with Crippen LogP contribution in [0.5, 0.6) is 0 Å². The van der Waals surface area contributed by atoms with Gasteiger partial charge in [-0.15, -0.1) is 0 Å². The predicted octanol–water partition coefficient (Wildman–Crippen LogP) is 2.01. The molecule has 2 aliphatic heterocycles. The molecule has 1 spiro atoms. The number of carboxylic acids is 1. The first kappa shape index (κ1) is 14.2. The predicted molar refractivity (Wildman–Crippen MR) is 69.4 cm³/mol. The van der Waals surface area contributed by atoms with Gasteiger partial charge in [-0.2, -0.15) is 0 Å². The molecule has 0 radical (unpaired) electrons. The van der Waals surface area contributed by atoms with E-state index in [1.807, 2.05) is 0 Å². The van der Waals surface area contributed by atoms with Crippen molar-refractivity contribution in [1.29, 1.82) is 0 Å². The monoisotopic (exact) mass is 299 g/mol. The summed E-state index contributed by atoms with van der Waals surface area (Å²) in [6.07, 6.45) is 1.04. The van der Waals surface area contributed by atoms with Gasteiger partial charge in [0.25, 0.3) is 0 Å². The summed E-state index contributed by atoms with van der Waals surface area (Å²) in [6, 6.07) is 1.68. The standard InChI is InChI=1S/C14H15F2NO4/c15-10-7-9(13(18)19)8-11(16)12(10)17-3-1-14(2-4-17)20-5-6-21-14/h7-8H,1-6H2,(H,18,19). The molecule has 2 heterocycles. The second-order valence-corrected chi connectivity index (χ2v) is 5.19. The van der Waals surface area contributed by atoms with Crippen molar-refractivity contribution in [1.82, 2.24) is 0 Å². The summed E-state index contributed by atoms with van der Waals surface area (Å²) in [5.41, 5.74) is -0.586. The largest absolute Gasteiger partial charge is 0.478 e. The zero-order chi connectivity index (χ0) is 15.0. The molecule has 0 saturated carbocycles. The number of aromatic carboxylic acids is 1. The Morgan fingerprint density at radius 1 is 1.14 bits per heavy atom. The summed E-state index contributed by atoms with van der Waals surface area (Å²) in [5, 5.41) is 8.79. The fraction of sp³-hybridized carbons (Fsp3) is 0.500. The maximum absolute atomic E-state index is 14.0. The van der Waals surface area contributed by atoms with Crippen LogP contribution in [0.15, 0.2) is 12.1 Å². The smallest absolute Gasteiger partial charge is 0.335 e. The van der Waals surface area contributed by atoms with Crippen LogP contribution >= 0.6 is 0 Å². The van der Waals surface area contributed by atoms with Gasteiger partial charge in [0.05, 0.1) is 18.8 Å². The molecule has 0 bridgehead atoms. The number of piperidine rings is 1. The number of anilines is 1. The van der Waals surface area contributed by atoms with E-state index in [0.717, 1.165) is 12.1 Å². The lowest BCUT2D eigenvalue weighted by Gasteiger charge is -2.38. The van der Waals surface area contributed by atoms with Gasteiger partial charge in [0.1, 0.15) is 17.3 Å². The summed E-state index contributed by atoms with van der Waals surface area (Å²) in [5.74, 6) is -3.71. The number of ether oxygens (including phenoxy) is 2. The minimum Gasteiger partial charge on any atom is -0.478 e. The lowest BCUT2D eigenvalue weighted by molar-refractivity contribution is -0.169. The van der Waals surface area contributed by atoms with Gasteiger partial charge < -0.3 is 19.5 Å². The van der Waals surface area contributed by atoms with Crippen LogP contribution in [0, 0.1) is 11.6 Å². The van der Waals surface area contributed by atoms with E-state index in [1.54, 1.807) is 4.90 Å². The fourth-order valence-corrected chi connectivity index (χ4v) is 2.85. The Balaban J connectivity index is 1.80. The molecule has 0 unspecified atom stereocenters. The average molecular weight is 299 g/mol. The molecular formula is C14H15F2NO4. The SMILES string of the molecule is O=C(O)c1cc(F)c(N2CCC3(CC2)OCCO3)c(F)c1. The lowest BCUT2D eigenvalue weighted by Crippen LogP contribution is -2.45. The van der Waals surface area contributed by atoms with E-state index in [-0.39, 0.29) is 5.69 Å². The van der Waals surface area contributed by atoms with Crippen LogP contribution in [0.3, 0.4) is 0 Å². The highest BCUT2D eigenvalue weighted by Crippen LogP contribution is 2.35. The number of halogens is 2. The fourth-order valence-electron chi connectivity index (χ4n) is 2.85. The van der Waals surface area contributed by atoms with Crippen LogP contribution in [0.1, 0.15) is 23.2 Å². The molecule has 21 heavy (non-hydrogen) atoms. The Labute approximate surface area is 120 Å². The summed E-state index contributed by atoms with van der Waals surface area (Å²) in [4.78, 5) is 12.3. The molecule has 2 fully saturated rings. The minimum atomic E-state index is -1.36. The van der Waals surface area contributed by atoms with E-state index >= 15 is 0 Å². The van der Waals surface area contributed by atoms with Gasteiger partial charge in [0.2, 0.25) is 0 Å². The van der Waals surface area contributed by atoms with E-state index in [0.29, 0.717) is 39.1 Å². The van der Waals surface area contributed by atoms with Crippen LogP contribution in [0.25, 0.3) is 0 Å². The first-order valence-electron chi connectivity index (χ1n) is 6.76. The summed E-state index contributed by atoms with van der Waals surface area (Å²) in [6.45, 7) is 1.85. The third kappa shape index (κ3) is 2.58. The highest BCUT2D eigenvalue weighted by molar-refractivity contribution is 5.88. The van der Waals surface area contributed by atoms with Crippen molar-refractivity contribution in [2.24, 2.45) is 0 Å². The zero-order valence-electron chi connectivity index (χ0n) is 11.3. The van der Waals surface area contributed by atoms with Gasteiger partial charge in [-0.25, -0.2) is 13.6 Å². The van der Waals surface area contributed by atoms with Crippen molar-refractivity contribution < 1.29 is 28.2 Å². The number of carbonyl (C=O) groups is 1. The van der Waals surface area contributed by atoms with Crippen LogP contribution in [-0.2, 0) is 9.47 Å². The number of hydrogen-bond acceptors (Lipinski definition) is 4. The second kappa shape index (κ2) is 5.23. The van der Waals surface area contributed by atoms with Crippen LogP contribution in [0.4, 0.5) is 14.5 Å². The molecule has 1 N–H and O–H groups in total. The molecule has 1 aromatic rings. The van der Waals surface area contributed by atoms with Gasteiger partial charge in [-0.3, -0.25) is 0 Å². The van der Waals surface area contributed by atoms with Crippen molar-refractivity contribution in [2.75, 3.05) is 31.2 Å². The molecule has 1 aromatic carbocycles. The van der Waals surface area contributed by atoms with Crippen molar-refractivity contribution in [3.05, 3.63) is 29.3 Å². The highest BCUT2D eigenvalue weighted by atomic mass is 19.1. The van der Waals surface area contributed by atoms with Crippen LogP contribution < -0.4 is 4.90 Å². The van der Waals surface area contributed by atoms with Crippen LogP contribution in [0.2, 0.25) is 0 Å². The number of rotatable bonds is 2. The Bertz CT molecular complexity index is 539. The maximum atomic E-state index is 14.0. The Kier molecular flexibility index (Phi) is 3.54. The zero-order valence-corrected chi connectivity index (χ0v) is 11.3. The Hall–Kier alpha value is -1.73. The molecule has 3 rings (SSSR count). The summed E-state index contributed by atoms with van der Waals surface area (Å²) >= 11 is 0. The van der Waals surface area contributed by atoms with E-state index in [4.69, 9.17) is 14.6 Å². The first-order chi connectivity index (χ1) is 10.0. The molecule has 5 nitrogen and oxygen atoms in total. The first-order valence-corrected chi connectivity index (χ1v) is 6.76. The summed E-state index contributed by atoms with van der Waals surface area (Å²) in [7, 11) is 0. The van der Waals surface area contributed by atoms with E-state index in [9.17, 15) is 13.6 Å². The maximum Gasteiger partial charge on any atom is 0.335 e. The quantitative estimate of drug-likeness (QED) is 0.905. The Morgan fingerprint density at radius 3 is 2.14 bits per heavy atom. The molecule has 0 amide bonds. The van der Waals surface area contributed by atoms with Gasteiger partial charge >= 0.3 is 5.97 Å². The van der Waals surface area contributed by atoms with Gasteiger partial charge in [0.15, 0.2) is 5.79 Å². The lowest BCUT2D eigenvalue weighted by atomic mass is 10.0. The van der Waals surface area contributed by atoms with Crippen molar-refractivity contribution in [3.8, 4) is 0 Å². The summed E-state index contributed by atoms with van der Waals surface area (Å²) < 4.78 is 39.2. The topological polar surface area (TPSA) is 59.0 Å². The normalized spacial score (nSPS) is 21.0. The number of nitrogens with zero attached hydrogens (tertiary/aromatic N) is 1. The number of carboxylic acid groups (broad SMARTS) is 1.